The van der Waals surface area contributed by atoms with Crippen molar-refractivity contribution < 1.29 is 44.1 Å². The van der Waals surface area contributed by atoms with Gasteiger partial charge in [-0.15, -0.1) is 0 Å². The van der Waals surface area contributed by atoms with Crippen molar-refractivity contribution in [1.29, 1.82) is 0 Å². The van der Waals surface area contributed by atoms with Crippen LogP contribution in [0.4, 0.5) is 0 Å². The van der Waals surface area contributed by atoms with Crippen molar-refractivity contribution in [1.82, 2.24) is 16.0 Å². The van der Waals surface area contributed by atoms with Crippen molar-refractivity contribution in [2.45, 2.75) is 56.3 Å². The topological polar surface area (TPSA) is 290 Å². The first-order valence-electron chi connectivity index (χ1n) is 10.7. The number of rotatable bonds is 18. The number of thioether (sulfide) groups is 1. The van der Waals surface area contributed by atoms with Crippen molar-refractivity contribution in [2.24, 2.45) is 22.2 Å². The monoisotopic (exact) mass is 535 g/mol. The lowest BCUT2D eigenvalue weighted by atomic mass is 10.1. The fourth-order valence-electron chi connectivity index (χ4n) is 2.75. The molecule has 0 aliphatic heterocycles. The molecule has 0 fully saturated rings. The van der Waals surface area contributed by atoms with Crippen LogP contribution in [0.25, 0.3) is 0 Å². The maximum Gasteiger partial charge on any atom is 0.326 e. The number of nitrogens with zero attached hydrogens (tertiary/aromatic N) is 1. The Morgan fingerprint density at radius 3 is 1.83 bits per heavy atom. The number of aliphatic imine (C=N–C) groups is 1. The maximum atomic E-state index is 12.9. The van der Waals surface area contributed by atoms with Gasteiger partial charge in [-0.1, -0.05) is 0 Å². The van der Waals surface area contributed by atoms with Gasteiger partial charge in [0.1, 0.15) is 18.1 Å². The number of aliphatic carboxylic acids is 3. The van der Waals surface area contributed by atoms with E-state index in [9.17, 15) is 33.9 Å². The Balaban J connectivity index is 5.61. The Morgan fingerprint density at radius 2 is 1.33 bits per heavy atom. The highest BCUT2D eigenvalue weighted by atomic mass is 32.2. The van der Waals surface area contributed by atoms with Crippen LogP contribution in [-0.2, 0) is 28.8 Å². The first kappa shape index (κ1) is 32.4. The van der Waals surface area contributed by atoms with E-state index in [1.165, 1.54) is 11.8 Å². The molecule has 0 aromatic rings. The highest BCUT2D eigenvalue weighted by Crippen LogP contribution is 2.05. The van der Waals surface area contributed by atoms with Crippen LogP contribution in [0.15, 0.2) is 4.99 Å². The van der Waals surface area contributed by atoms with Crippen molar-refractivity contribution in [3.05, 3.63) is 0 Å². The zero-order valence-corrected chi connectivity index (χ0v) is 20.5. The van der Waals surface area contributed by atoms with Gasteiger partial charge < -0.3 is 48.5 Å². The van der Waals surface area contributed by atoms with Crippen molar-refractivity contribution >= 4 is 53.4 Å². The minimum Gasteiger partial charge on any atom is -0.481 e. The summed E-state index contributed by atoms with van der Waals surface area (Å²) in [4.78, 5) is 75.0. The number of carboxylic acids is 3. The summed E-state index contributed by atoms with van der Waals surface area (Å²) in [7, 11) is 0. The zero-order chi connectivity index (χ0) is 27.8. The summed E-state index contributed by atoms with van der Waals surface area (Å²) < 4.78 is 0. The second-order valence-electron chi connectivity index (χ2n) is 7.55. The minimum atomic E-state index is -1.67. The molecule has 36 heavy (non-hydrogen) atoms. The second-order valence-corrected chi connectivity index (χ2v) is 8.54. The van der Waals surface area contributed by atoms with E-state index < -0.39 is 72.6 Å². The number of carboxylic acid groups (broad SMARTS) is 3. The fourth-order valence-corrected chi connectivity index (χ4v) is 3.22. The molecule has 204 valence electrons. The number of nitrogens with one attached hydrogen (secondary N) is 3. The Bertz CT molecular complexity index is 836. The molecule has 0 aliphatic rings. The number of guanidine groups is 1. The molecule has 3 amide bonds. The zero-order valence-electron chi connectivity index (χ0n) is 19.6. The maximum absolute atomic E-state index is 12.9. The third-order valence-electron chi connectivity index (χ3n) is 4.55. The summed E-state index contributed by atoms with van der Waals surface area (Å²) >= 11 is 1.34. The van der Waals surface area contributed by atoms with E-state index in [0.717, 1.165) is 0 Å². The number of carbonyl (C=O) groups is 6. The normalized spacial score (nSPS) is 13.8. The summed E-state index contributed by atoms with van der Waals surface area (Å²) in [6, 6.07) is -5.83. The Labute approximate surface area is 210 Å². The molecule has 0 radical (unpaired) electrons. The number of carbonyl (C=O) groups excluding carboxylic acids is 3. The third-order valence-corrected chi connectivity index (χ3v) is 5.19. The molecule has 0 spiro atoms. The average molecular weight is 536 g/mol. The molecule has 0 saturated carbocycles. The van der Waals surface area contributed by atoms with Gasteiger partial charge in [0.2, 0.25) is 17.7 Å². The third kappa shape index (κ3) is 14.0. The molecule has 0 saturated heterocycles. The molecule has 0 aliphatic carbocycles. The molecule has 12 N–H and O–H groups in total. The van der Waals surface area contributed by atoms with Gasteiger partial charge in [0.05, 0.1) is 18.9 Å². The van der Waals surface area contributed by atoms with E-state index in [0.29, 0.717) is 5.75 Å². The molecular weight excluding hydrogens is 502 g/mol. The van der Waals surface area contributed by atoms with Gasteiger partial charge in [-0.05, 0) is 31.3 Å². The quantitative estimate of drug-likeness (QED) is 0.0470. The second kappa shape index (κ2) is 16.9. The number of amides is 3. The van der Waals surface area contributed by atoms with Crippen LogP contribution in [-0.4, -0.2) is 99.6 Å². The predicted octanol–water partition coefficient (Wildman–Crippen LogP) is -3.39. The summed E-state index contributed by atoms with van der Waals surface area (Å²) in [6.45, 7) is 0.0674. The Morgan fingerprint density at radius 1 is 0.806 bits per heavy atom. The van der Waals surface area contributed by atoms with Crippen LogP contribution in [0.5, 0.6) is 0 Å². The van der Waals surface area contributed by atoms with Crippen LogP contribution < -0.4 is 33.2 Å². The van der Waals surface area contributed by atoms with E-state index in [-0.39, 0.29) is 31.8 Å². The highest BCUT2D eigenvalue weighted by molar-refractivity contribution is 7.98. The standard InChI is InChI=1S/C19H33N7O9S/c1-36-6-4-11(18(34)35)25-17(33)12(8-14(29)30)26-16(32)10(3-2-5-23-19(21)22)24-15(31)9(20)7-13(27)28/h9-12H,2-8,20H2,1H3,(H,24,31)(H,25,33)(H,26,32)(H,27,28)(H,29,30)(H,34,35)(H4,21,22,23). The molecule has 4 atom stereocenters. The molecule has 0 heterocycles. The molecule has 0 aromatic heterocycles. The van der Waals surface area contributed by atoms with E-state index >= 15 is 0 Å². The lowest BCUT2D eigenvalue weighted by molar-refractivity contribution is -0.143. The predicted molar refractivity (Wildman–Crippen MR) is 129 cm³/mol. The SMILES string of the molecule is CSCCC(NC(=O)C(CC(=O)O)NC(=O)C(CCCN=C(N)N)NC(=O)C(N)CC(=O)O)C(=O)O. The van der Waals surface area contributed by atoms with Crippen LogP contribution in [0.1, 0.15) is 32.1 Å². The van der Waals surface area contributed by atoms with E-state index in [4.69, 9.17) is 27.4 Å². The lowest BCUT2D eigenvalue weighted by Gasteiger charge is -2.24. The van der Waals surface area contributed by atoms with Gasteiger partial charge >= 0.3 is 17.9 Å². The number of nitrogens with two attached hydrogens (primary N) is 3. The van der Waals surface area contributed by atoms with Crippen LogP contribution in [0.3, 0.4) is 0 Å². The summed E-state index contributed by atoms with van der Waals surface area (Å²) in [6.07, 6.45) is 0.278. The molecule has 4 unspecified atom stereocenters. The first-order chi connectivity index (χ1) is 16.8. The summed E-state index contributed by atoms with van der Waals surface area (Å²) in [5, 5.41) is 33.9. The van der Waals surface area contributed by atoms with E-state index in [2.05, 4.69) is 20.9 Å². The van der Waals surface area contributed by atoms with Crippen molar-refractivity contribution in [2.75, 3.05) is 18.6 Å². The molecular formula is C19H33N7O9S. The lowest BCUT2D eigenvalue weighted by Crippen LogP contribution is -2.57. The van der Waals surface area contributed by atoms with Gasteiger partial charge in [0.25, 0.3) is 0 Å². The molecule has 16 nitrogen and oxygen atoms in total. The minimum absolute atomic E-state index is 0.0565. The Hall–Kier alpha value is -3.60. The van der Waals surface area contributed by atoms with Crippen LogP contribution >= 0.6 is 11.8 Å². The van der Waals surface area contributed by atoms with Gasteiger partial charge in [0.15, 0.2) is 5.96 Å². The first-order valence-corrected chi connectivity index (χ1v) is 12.0. The van der Waals surface area contributed by atoms with Gasteiger partial charge in [-0.2, -0.15) is 11.8 Å². The van der Waals surface area contributed by atoms with Gasteiger partial charge in [-0.3, -0.25) is 29.0 Å². The van der Waals surface area contributed by atoms with Crippen molar-refractivity contribution in [3.63, 3.8) is 0 Å². The summed E-state index contributed by atoms with van der Waals surface area (Å²) in [5.74, 6) is -6.95. The van der Waals surface area contributed by atoms with Crippen LogP contribution in [0.2, 0.25) is 0 Å². The Kier molecular flexibility index (Phi) is 15.2. The van der Waals surface area contributed by atoms with E-state index in [1.54, 1.807) is 6.26 Å². The molecule has 0 aromatic carbocycles. The average Bonchev–Trinajstić information content (AvgIpc) is 2.76. The fraction of sp³-hybridized carbons (Fsp3) is 0.632. The van der Waals surface area contributed by atoms with Crippen molar-refractivity contribution in [3.8, 4) is 0 Å². The highest BCUT2D eigenvalue weighted by Gasteiger charge is 2.31. The molecule has 0 bridgehead atoms. The number of hydrogen-bond donors (Lipinski definition) is 9. The molecule has 0 rings (SSSR count). The van der Waals surface area contributed by atoms with Gasteiger partial charge in [0, 0.05) is 6.54 Å². The smallest absolute Gasteiger partial charge is 0.326 e. The number of hydrogen-bond acceptors (Lipinski definition) is 9. The molecule has 17 heteroatoms. The summed E-state index contributed by atoms with van der Waals surface area (Å²) in [5.41, 5.74) is 16.0. The largest absolute Gasteiger partial charge is 0.481 e. The van der Waals surface area contributed by atoms with Gasteiger partial charge in [-0.25, -0.2) is 4.79 Å². The van der Waals surface area contributed by atoms with Crippen LogP contribution in [0, 0.1) is 0 Å². The van der Waals surface area contributed by atoms with E-state index in [1.807, 2.05) is 0 Å².